The van der Waals surface area contributed by atoms with Crippen molar-refractivity contribution in [3.05, 3.63) is 23.8 Å². The maximum Gasteiger partial charge on any atom is 0.280 e. The van der Waals surface area contributed by atoms with Gasteiger partial charge in [0, 0.05) is 0 Å². The molecule has 0 bridgehead atoms. The van der Waals surface area contributed by atoms with E-state index in [9.17, 15) is 8.78 Å². The van der Waals surface area contributed by atoms with Crippen LogP contribution in [0.5, 0.6) is 11.5 Å². The number of ether oxygens (including phenoxy) is 1. The van der Waals surface area contributed by atoms with Gasteiger partial charge in [-0.2, -0.15) is 0 Å². The Kier molecular flexibility index (Phi) is 1.93. The van der Waals surface area contributed by atoms with Gasteiger partial charge in [0.2, 0.25) is 0 Å². The van der Waals surface area contributed by atoms with Crippen LogP contribution in [0, 0.1) is 0 Å². The van der Waals surface area contributed by atoms with Gasteiger partial charge < -0.3 is 9.84 Å². The normalized spacial score (nSPS) is 21.6. The zero-order chi connectivity index (χ0) is 11.3. The van der Waals surface area contributed by atoms with E-state index in [2.05, 4.69) is 0 Å². The molecule has 1 aliphatic heterocycles. The van der Waals surface area contributed by atoms with Crippen molar-refractivity contribution in [2.24, 2.45) is 0 Å². The van der Waals surface area contributed by atoms with Crippen LogP contribution in [0.3, 0.4) is 0 Å². The first kappa shape index (κ1) is 10.2. The van der Waals surface area contributed by atoms with Gasteiger partial charge in [0.05, 0.1) is 12.0 Å². The number of rotatable bonds is 0. The van der Waals surface area contributed by atoms with Gasteiger partial charge in [0.1, 0.15) is 17.1 Å². The Morgan fingerprint density at radius 1 is 1.33 bits per heavy atom. The number of hydrogen-bond acceptors (Lipinski definition) is 2. The molecule has 0 aliphatic carbocycles. The molecule has 1 N–H and O–H groups in total. The van der Waals surface area contributed by atoms with Crippen LogP contribution in [-0.2, 0) is 5.92 Å². The molecule has 0 fully saturated rings. The standard InChI is InChI=1S/C11H12F2O2/c1-10(2)6-11(12,13)8-5-7(14)3-4-9(8)15-10/h3-5,14H,6H2,1-2H3. The Morgan fingerprint density at radius 3 is 2.67 bits per heavy atom. The third kappa shape index (κ3) is 1.76. The summed E-state index contributed by atoms with van der Waals surface area (Å²) in [6.07, 6.45) is -0.379. The smallest absolute Gasteiger partial charge is 0.280 e. The Bertz CT molecular complexity index is 400. The molecule has 0 amide bonds. The van der Waals surface area contributed by atoms with Crippen molar-refractivity contribution in [1.82, 2.24) is 0 Å². The zero-order valence-corrected chi connectivity index (χ0v) is 8.55. The summed E-state index contributed by atoms with van der Waals surface area (Å²) in [4.78, 5) is 0. The van der Waals surface area contributed by atoms with Gasteiger partial charge >= 0.3 is 0 Å². The molecule has 0 saturated heterocycles. The average molecular weight is 214 g/mol. The topological polar surface area (TPSA) is 29.5 Å². The minimum absolute atomic E-state index is 0.147. The average Bonchev–Trinajstić information content (AvgIpc) is 2.03. The molecule has 15 heavy (non-hydrogen) atoms. The Labute approximate surface area is 86.5 Å². The molecule has 1 heterocycles. The summed E-state index contributed by atoms with van der Waals surface area (Å²) < 4.78 is 32.8. The van der Waals surface area contributed by atoms with E-state index in [-0.39, 0.29) is 23.5 Å². The fraction of sp³-hybridized carbons (Fsp3) is 0.455. The van der Waals surface area contributed by atoms with E-state index in [0.29, 0.717) is 0 Å². The highest BCUT2D eigenvalue weighted by Gasteiger charge is 2.46. The van der Waals surface area contributed by atoms with Crippen LogP contribution >= 0.6 is 0 Å². The van der Waals surface area contributed by atoms with E-state index >= 15 is 0 Å². The molecule has 82 valence electrons. The zero-order valence-electron chi connectivity index (χ0n) is 8.55. The van der Waals surface area contributed by atoms with Crippen molar-refractivity contribution in [3.8, 4) is 11.5 Å². The molecule has 0 radical (unpaired) electrons. The number of fused-ring (bicyclic) bond motifs is 1. The molecule has 4 heteroatoms. The highest BCUT2D eigenvalue weighted by Crippen LogP contribution is 2.47. The Balaban J connectivity index is 2.55. The second-order valence-corrected chi connectivity index (χ2v) is 4.42. The molecule has 1 aromatic rings. The van der Waals surface area contributed by atoms with Gasteiger partial charge in [-0.3, -0.25) is 0 Å². The Morgan fingerprint density at radius 2 is 2.00 bits per heavy atom. The van der Waals surface area contributed by atoms with Crippen molar-refractivity contribution < 1.29 is 18.6 Å². The number of benzene rings is 1. The summed E-state index contributed by atoms with van der Waals surface area (Å²) in [6, 6.07) is 3.78. The first-order chi connectivity index (χ1) is 6.80. The van der Waals surface area contributed by atoms with E-state index in [1.54, 1.807) is 13.8 Å². The molecular formula is C11H12F2O2. The highest BCUT2D eigenvalue weighted by atomic mass is 19.3. The van der Waals surface area contributed by atoms with Crippen molar-refractivity contribution in [3.63, 3.8) is 0 Å². The van der Waals surface area contributed by atoms with Crippen LogP contribution < -0.4 is 4.74 Å². The Hall–Kier alpha value is -1.32. The van der Waals surface area contributed by atoms with E-state index in [1.165, 1.54) is 12.1 Å². The number of alkyl halides is 2. The third-order valence-corrected chi connectivity index (χ3v) is 2.39. The van der Waals surface area contributed by atoms with Crippen molar-refractivity contribution in [1.29, 1.82) is 0 Å². The molecule has 1 aliphatic rings. The molecule has 1 aromatic carbocycles. The van der Waals surface area contributed by atoms with Crippen LogP contribution in [0.1, 0.15) is 25.8 Å². The van der Waals surface area contributed by atoms with Gasteiger partial charge in [-0.15, -0.1) is 0 Å². The lowest BCUT2D eigenvalue weighted by Gasteiger charge is -2.37. The number of hydrogen-bond donors (Lipinski definition) is 1. The number of phenolic OH excluding ortho intramolecular Hbond substituents is 1. The molecule has 0 aromatic heterocycles. The maximum atomic E-state index is 13.7. The second kappa shape index (κ2) is 2.84. The van der Waals surface area contributed by atoms with Crippen LogP contribution in [0.25, 0.3) is 0 Å². The largest absolute Gasteiger partial charge is 0.508 e. The summed E-state index contributed by atoms with van der Waals surface area (Å²) in [5.41, 5.74) is -1.12. The fourth-order valence-electron chi connectivity index (χ4n) is 1.86. The second-order valence-electron chi connectivity index (χ2n) is 4.42. The summed E-state index contributed by atoms with van der Waals surface area (Å²) in [6.45, 7) is 3.24. The SMILES string of the molecule is CC1(C)CC(F)(F)c2cc(O)ccc2O1. The van der Waals surface area contributed by atoms with Gasteiger partial charge in [-0.1, -0.05) is 0 Å². The number of halogens is 2. The lowest BCUT2D eigenvalue weighted by molar-refractivity contribution is -0.0932. The van der Waals surface area contributed by atoms with E-state index < -0.39 is 11.5 Å². The van der Waals surface area contributed by atoms with Crippen molar-refractivity contribution in [2.75, 3.05) is 0 Å². The van der Waals surface area contributed by atoms with Gasteiger partial charge in [0.25, 0.3) is 5.92 Å². The fourth-order valence-corrected chi connectivity index (χ4v) is 1.86. The molecule has 0 saturated carbocycles. The molecular weight excluding hydrogens is 202 g/mol. The van der Waals surface area contributed by atoms with Crippen molar-refractivity contribution in [2.45, 2.75) is 31.8 Å². The highest BCUT2D eigenvalue weighted by molar-refractivity contribution is 5.44. The predicted molar refractivity (Wildman–Crippen MR) is 51.3 cm³/mol. The third-order valence-electron chi connectivity index (χ3n) is 2.39. The molecule has 0 unspecified atom stereocenters. The van der Waals surface area contributed by atoms with Crippen LogP contribution in [0.4, 0.5) is 8.78 Å². The van der Waals surface area contributed by atoms with Crippen LogP contribution in [0.15, 0.2) is 18.2 Å². The first-order valence-corrected chi connectivity index (χ1v) is 4.70. The van der Waals surface area contributed by atoms with Gasteiger partial charge in [0.15, 0.2) is 0 Å². The van der Waals surface area contributed by atoms with E-state index in [4.69, 9.17) is 9.84 Å². The lowest BCUT2D eigenvalue weighted by Crippen LogP contribution is -2.39. The predicted octanol–water partition coefficient (Wildman–Crippen LogP) is 3.05. The minimum atomic E-state index is -2.95. The number of phenols is 1. The van der Waals surface area contributed by atoms with Gasteiger partial charge in [-0.05, 0) is 32.0 Å². The monoisotopic (exact) mass is 214 g/mol. The summed E-state index contributed by atoms with van der Waals surface area (Å²) >= 11 is 0. The molecule has 2 nitrogen and oxygen atoms in total. The summed E-state index contributed by atoms with van der Waals surface area (Å²) in [5, 5.41) is 9.16. The first-order valence-electron chi connectivity index (χ1n) is 4.70. The van der Waals surface area contributed by atoms with Gasteiger partial charge in [-0.25, -0.2) is 8.78 Å². The summed E-state index contributed by atoms with van der Waals surface area (Å²) in [5.74, 6) is -2.97. The molecule has 0 atom stereocenters. The summed E-state index contributed by atoms with van der Waals surface area (Å²) in [7, 11) is 0. The van der Waals surface area contributed by atoms with Crippen LogP contribution in [-0.4, -0.2) is 10.7 Å². The minimum Gasteiger partial charge on any atom is -0.508 e. The lowest BCUT2D eigenvalue weighted by atomic mass is 9.91. The van der Waals surface area contributed by atoms with E-state index in [0.717, 1.165) is 6.07 Å². The quantitative estimate of drug-likeness (QED) is 0.719. The van der Waals surface area contributed by atoms with Crippen molar-refractivity contribution >= 4 is 0 Å². The van der Waals surface area contributed by atoms with E-state index in [1.807, 2.05) is 0 Å². The maximum absolute atomic E-state index is 13.7. The molecule has 2 rings (SSSR count). The van der Waals surface area contributed by atoms with Crippen LogP contribution in [0.2, 0.25) is 0 Å². The number of aromatic hydroxyl groups is 1. The molecule has 0 spiro atoms.